The molecule has 10 heteroatoms. The van der Waals surface area contributed by atoms with E-state index in [-0.39, 0.29) is 24.4 Å². The zero-order valence-corrected chi connectivity index (χ0v) is 19.1. The first-order valence-corrected chi connectivity index (χ1v) is 11.5. The van der Waals surface area contributed by atoms with Crippen LogP contribution in [-0.4, -0.2) is 49.9 Å². The maximum Gasteiger partial charge on any atom is 0.417 e. The molecule has 0 spiro atoms. The largest absolute Gasteiger partial charge is 0.478 e. The number of ether oxygens (including phenoxy) is 1. The van der Waals surface area contributed by atoms with Crippen molar-refractivity contribution in [2.75, 3.05) is 13.2 Å². The molecule has 1 saturated carbocycles. The van der Waals surface area contributed by atoms with Crippen molar-refractivity contribution in [3.05, 3.63) is 65.9 Å². The van der Waals surface area contributed by atoms with Crippen molar-refractivity contribution in [2.45, 2.75) is 38.4 Å². The minimum atomic E-state index is -4.44. The van der Waals surface area contributed by atoms with Gasteiger partial charge >= 0.3 is 6.18 Å². The third kappa shape index (κ3) is 5.11. The summed E-state index contributed by atoms with van der Waals surface area (Å²) >= 11 is 0. The van der Waals surface area contributed by atoms with Gasteiger partial charge in [-0.3, -0.25) is 4.79 Å². The Morgan fingerprint density at radius 3 is 2.60 bits per heavy atom. The molecule has 182 valence electrons. The first kappa shape index (κ1) is 23.2. The van der Waals surface area contributed by atoms with Crippen LogP contribution in [0.25, 0.3) is 11.4 Å². The smallest absolute Gasteiger partial charge is 0.417 e. The minimum Gasteiger partial charge on any atom is -0.478 e. The second-order valence-corrected chi connectivity index (χ2v) is 9.04. The molecule has 3 aromatic heterocycles. The topological polar surface area (TPSA) is 81.1 Å². The lowest BCUT2D eigenvalue weighted by Crippen LogP contribution is -2.46. The van der Waals surface area contributed by atoms with Gasteiger partial charge in [0, 0.05) is 49.4 Å². The zero-order chi connectivity index (χ0) is 24.6. The van der Waals surface area contributed by atoms with Crippen molar-refractivity contribution >= 4 is 5.91 Å². The Morgan fingerprint density at radius 1 is 1.09 bits per heavy atom. The molecule has 2 fully saturated rings. The van der Waals surface area contributed by atoms with Gasteiger partial charge in [-0.2, -0.15) is 13.2 Å². The first-order chi connectivity index (χ1) is 16.8. The Bertz CT molecular complexity index is 1200. The number of likely N-dealkylation sites (tertiary alicyclic amines) is 1. The Hall–Kier alpha value is -3.56. The lowest BCUT2D eigenvalue weighted by Gasteiger charge is -2.35. The summed E-state index contributed by atoms with van der Waals surface area (Å²) in [4.78, 5) is 32.5. The van der Waals surface area contributed by atoms with E-state index in [0.717, 1.165) is 30.8 Å². The van der Waals surface area contributed by atoms with Gasteiger partial charge < -0.3 is 9.64 Å². The highest BCUT2D eigenvalue weighted by Crippen LogP contribution is 2.48. The number of hydrogen-bond donors (Lipinski definition) is 0. The Balaban J connectivity index is 1.31. The second kappa shape index (κ2) is 9.24. The lowest BCUT2D eigenvalue weighted by atomic mass is 9.98. The SMILES string of the molecule is Cc1ccc(-c2ncccn2)c(C(=O)N2CC3CC3C[C@H]2CCOc2ccc(C(F)(F)F)cn2)n1. The summed E-state index contributed by atoms with van der Waals surface area (Å²) in [5.74, 6) is 1.49. The normalized spacial score (nSPS) is 21.4. The van der Waals surface area contributed by atoms with Crippen LogP contribution in [0.15, 0.2) is 48.9 Å². The molecule has 0 N–H and O–H groups in total. The van der Waals surface area contributed by atoms with Gasteiger partial charge in [0.1, 0.15) is 5.69 Å². The standard InChI is InChI=1S/C25H24F3N5O2/c1-15-3-5-20(23-29-8-2-9-30-23)22(32-15)24(34)33-14-17-11-16(17)12-19(33)7-10-35-21-6-4-18(13-31-21)25(26,27)28/h2-6,8-9,13,16-17,19H,7,10-12,14H2,1H3/t16?,17?,19-/m1/s1. The van der Waals surface area contributed by atoms with Gasteiger partial charge in [0.05, 0.1) is 17.7 Å². The summed E-state index contributed by atoms with van der Waals surface area (Å²) in [5, 5.41) is 0. The molecule has 5 rings (SSSR count). The van der Waals surface area contributed by atoms with E-state index in [1.165, 1.54) is 6.07 Å². The van der Waals surface area contributed by atoms with Crippen LogP contribution in [0, 0.1) is 18.8 Å². The lowest BCUT2D eigenvalue weighted by molar-refractivity contribution is -0.137. The molecule has 1 aliphatic heterocycles. The Kier molecular flexibility index (Phi) is 6.12. The highest BCUT2D eigenvalue weighted by molar-refractivity contribution is 5.98. The number of piperidine rings is 1. The van der Waals surface area contributed by atoms with Crippen molar-refractivity contribution in [2.24, 2.45) is 11.8 Å². The third-order valence-corrected chi connectivity index (χ3v) is 6.59. The Morgan fingerprint density at radius 2 is 1.89 bits per heavy atom. The summed E-state index contributed by atoms with van der Waals surface area (Å²) in [6.07, 6.45) is 2.07. The predicted molar refractivity (Wildman–Crippen MR) is 120 cm³/mol. The van der Waals surface area contributed by atoms with Crippen molar-refractivity contribution in [1.29, 1.82) is 0 Å². The van der Waals surface area contributed by atoms with Crippen LogP contribution in [0.1, 0.15) is 41.0 Å². The summed E-state index contributed by atoms with van der Waals surface area (Å²) in [5.41, 5.74) is 0.814. The second-order valence-electron chi connectivity index (χ2n) is 9.04. The molecule has 0 bridgehead atoms. The van der Waals surface area contributed by atoms with E-state index >= 15 is 0 Å². The summed E-state index contributed by atoms with van der Waals surface area (Å²) in [6, 6.07) is 7.47. The molecule has 1 amide bonds. The number of rotatable bonds is 6. The Labute approximate surface area is 200 Å². The van der Waals surface area contributed by atoms with E-state index in [2.05, 4.69) is 19.9 Å². The van der Waals surface area contributed by atoms with Crippen molar-refractivity contribution < 1.29 is 22.7 Å². The molecule has 7 nitrogen and oxygen atoms in total. The maximum absolute atomic E-state index is 13.7. The van der Waals surface area contributed by atoms with Gasteiger partial charge in [0.15, 0.2) is 5.82 Å². The zero-order valence-electron chi connectivity index (χ0n) is 19.1. The van der Waals surface area contributed by atoms with Gasteiger partial charge in [0.25, 0.3) is 5.91 Å². The van der Waals surface area contributed by atoms with Crippen LogP contribution < -0.4 is 4.74 Å². The molecule has 2 aliphatic rings. The molecule has 0 aromatic carbocycles. The molecule has 3 atom stereocenters. The van der Waals surface area contributed by atoms with E-state index in [9.17, 15) is 18.0 Å². The molecule has 3 aromatic rings. The van der Waals surface area contributed by atoms with Crippen LogP contribution in [0.2, 0.25) is 0 Å². The van der Waals surface area contributed by atoms with Crippen molar-refractivity contribution in [3.63, 3.8) is 0 Å². The average molecular weight is 483 g/mol. The average Bonchev–Trinajstić information content (AvgIpc) is 3.62. The molecule has 2 unspecified atom stereocenters. The molecular weight excluding hydrogens is 459 g/mol. The van der Waals surface area contributed by atoms with Crippen molar-refractivity contribution in [3.8, 4) is 17.3 Å². The van der Waals surface area contributed by atoms with Gasteiger partial charge in [0.2, 0.25) is 5.88 Å². The number of aromatic nitrogens is 4. The van der Waals surface area contributed by atoms with E-state index in [1.54, 1.807) is 18.5 Å². The minimum absolute atomic E-state index is 0.0625. The molecule has 1 saturated heterocycles. The van der Waals surface area contributed by atoms with E-state index in [0.29, 0.717) is 41.9 Å². The van der Waals surface area contributed by atoms with Gasteiger partial charge in [-0.05, 0) is 55.9 Å². The van der Waals surface area contributed by atoms with Crippen LogP contribution >= 0.6 is 0 Å². The highest BCUT2D eigenvalue weighted by Gasteiger charge is 2.47. The number of nitrogens with zero attached hydrogens (tertiary/aromatic N) is 5. The number of alkyl halides is 3. The van der Waals surface area contributed by atoms with Crippen LogP contribution in [-0.2, 0) is 6.18 Å². The summed E-state index contributed by atoms with van der Waals surface area (Å²) in [6.45, 7) is 2.72. The third-order valence-electron chi connectivity index (χ3n) is 6.59. The van der Waals surface area contributed by atoms with Gasteiger partial charge in [-0.15, -0.1) is 0 Å². The van der Waals surface area contributed by atoms with E-state index in [4.69, 9.17) is 4.74 Å². The number of carbonyl (C=O) groups excluding carboxylic acids is 1. The number of aryl methyl sites for hydroxylation is 1. The predicted octanol–water partition coefficient (Wildman–Crippen LogP) is 4.58. The van der Waals surface area contributed by atoms with Gasteiger partial charge in [-0.1, -0.05) is 0 Å². The van der Waals surface area contributed by atoms with Gasteiger partial charge in [-0.25, -0.2) is 19.9 Å². The first-order valence-electron chi connectivity index (χ1n) is 11.5. The number of pyridine rings is 2. The molecular formula is C25H24F3N5O2. The quantitative estimate of drug-likeness (QED) is 0.511. The number of carbonyl (C=O) groups is 1. The molecule has 1 aliphatic carbocycles. The number of amides is 1. The molecule has 35 heavy (non-hydrogen) atoms. The monoisotopic (exact) mass is 483 g/mol. The number of hydrogen-bond acceptors (Lipinski definition) is 6. The highest BCUT2D eigenvalue weighted by atomic mass is 19.4. The maximum atomic E-state index is 13.7. The summed E-state index contributed by atoms with van der Waals surface area (Å²) in [7, 11) is 0. The van der Waals surface area contributed by atoms with Crippen LogP contribution in [0.3, 0.4) is 0 Å². The fourth-order valence-corrected chi connectivity index (χ4v) is 4.63. The fraction of sp³-hybridized carbons (Fsp3) is 0.400. The van der Waals surface area contributed by atoms with Crippen molar-refractivity contribution in [1.82, 2.24) is 24.8 Å². The van der Waals surface area contributed by atoms with Crippen LogP contribution in [0.4, 0.5) is 13.2 Å². The molecule has 0 radical (unpaired) electrons. The fourth-order valence-electron chi connectivity index (χ4n) is 4.63. The van der Waals surface area contributed by atoms with Crippen LogP contribution in [0.5, 0.6) is 5.88 Å². The number of halogens is 3. The van der Waals surface area contributed by atoms with E-state index in [1.807, 2.05) is 24.0 Å². The number of fused-ring (bicyclic) bond motifs is 1. The summed E-state index contributed by atoms with van der Waals surface area (Å²) < 4.78 is 43.9. The van der Waals surface area contributed by atoms with E-state index < -0.39 is 11.7 Å². The molecule has 4 heterocycles.